The number of H-pyrrole nitrogens is 1. The standard InChI is InChI=1S/C23H30N4O3/c28-18-8-10-26(11-9-18)15-21-22(17-4-2-1-3-5-17)27(12-13-30-21)23(29)20-14-19(24-25-20)16-6-7-16/h1-5,14,16,18,21-22,28H,6-13,15H2,(H,24,25)/t21-,22-/m0/s1. The summed E-state index contributed by atoms with van der Waals surface area (Å²) < 4.78 is 6.22. The number of likely N-dealkylation sites (tertiary alicyclic amines) is 1. The van der Waals surface area contributed by atoms with E-state index in [1.54, 1.807) is 0 Å². The Kier molecular flexibility index (Phi) is 5.58. The first-order chi connectivity index (χ1) is 14.7. The van der Waals surface area contributed by atoms with Crippen LogP contribution in [0.5, 0.6) is 0 Å². The van der Waals surface area contributed by atoms with Crippen molar-refractivity contribution >= 4 is 5.91 Å². The number of hydrogen-bond acceptors (Lipinski definition) is 5. The molecule has 1 saturated carbocycles. The number of morpholine rings is 1. The lowest BCUT2D eigenvalue weighted by atomic mass is 9.96. The van der Waals surface area contributed by atoms with Crippen LogP contribution < -0.4 is 0 Å². The van der Waals surface area contributed by atoms with Gasteiger partial charge in [-0.1, -0.05) is 30.3 Å². The van der Waals surface area contributed by atoms with E-state index in [1.165, 1.54) is 12.8 Å². The van der Waals surface area contributed by atoms with Crippen LogP contribution in [0.2, 0.25) is 0 Å². The summed E-state index contributed by atoms with van der Waals surface area (Å²) in [5.74, 6) is 0.505. The van der Waals surface area contributed by atoms with Crippen LogP contribution in [-0.4, -0.2) is 76.0 Å². The lowest BCUT2D eigenvalue weighted by molar-refractivity contribution is -0.0771. The Balaban J connectivity index is 1.39. The van der Waals surface area contributed by atoms with Crippen molar-refractivity contribution in [1.82, 2.24) is 20.0 Å². The molecule has 160 valence electrons. The van der Waals surface area contributed by atoms with Crippen LogP contribution in [0.1, 0.15) is 59.4 Å². The molecular weight excluding hydrogens is 380 g/mol. The molecule has 0 bridgehead atoms. The summed E-state index contributed by atoms with van der Waals surface area (Å²) in [6, 6.07) is 12.0. The highest BCUT2D eigenvalue weighted by atomic mass is 16.5. The highest BCUT2D eigenvalue weighted by molar-refractivity contribution is 5.93. The number of amides is 1. The minimum atomic E-state index is -0.197. The van der Waals surface area contributed by atoms with E-state index in [4.69, 9.17) is 4.74 Å². The molecule has 1 aromatic carbocycles. The zero-order chi connectivity index (χ0) is 20.5. The van der Waals surface area contributed by atoms with Gasteiger partial charge in [-0.15, -0.1) is 0 Å². The first-order valence-electron chi connectivity index (χ1n) is 11.1. The highest BCUT2D eigenvalue weighted by Gasteiger charge is 2.39. The van der Waals surface area contributed by atoms with Gasteiger partial charge in [-0.25, -0.2) is 0 Å². The monoisotopic (exact) mass is 410 g/mol. The van der Waals surface area contributed by atoms with Crippen molar-refractivity contribution in [3.63, 3.8) is 0 Å². The average Bonchev–Trinajstić information content (AvgIpc) is 3.52. The molecule has 3 aliphatic rings. The van der Waals surface area contributed by atoms with Crippen LogP contribution in [0, 0.1) is 0 Å². The number of piperidine rings is 1. The lowest BCUT2D eigenvalue weighted by Gasteiger charge is -2.43. The fraction of sp³-hybridized carbons (Fsp3) is 0.565. The topological polar surface area (TPSA) is 81.7 Å². The average molecular weight is 411 g/mol. The summed E-state index contributed by atoms with van der Waals surface area (Å²) in [5.41, 5.74) is 2.66. The van der Waals surface area contributed by atoms with Gasteiger partial charge in [0, 0.05) is 37.8 Å². The predicted molar refractivity (Wildman–Crippen MR) is 112 cm³/mol. The van der Waals surface area contributed by atoms with Crippen molar-refractivity contribution < 1.29 is 14.6 Å². The number of hydrogen-bond donors (Lipinski definition) is 2. The molecular formula is C23H30N4O3. The van der Waals surface area contributed by atoms with Gasteiger partial charge in [0.05, 0.1) is 24.9 Å². The number of carbonyl (C=O) groups is 1. The van der Waals surface area contributed by atoms with Gasteiger partial charge in [-0.05, 0) is 37.3 Å². The van der Waals surface area contributed by atoms with Crippen LogP contribution in [0.3, 0.4) is 0 Å². The summed E-state index contributed by atoms with van der Waals surface area (Å²) in [6.45, 7) is 3.56. The summed E-state index contributed by atoms with van der Waals surface area (Å²) >= 11 is 0. The van der Waals surface area contributed by atoms with E-state index in [0.717, 1.165) is 43.7 Å². The molecule has 5 rings (SSSR count). The van der Waals surface area contributed by atoms with Crippen LogP contribution in [-0.2, 0) is 4.74 Å². The molecule has 7 heteroatoms. The van der Waals surface area contributed by atoms with E-state index >= 15 is 0 Å². The first-order valence-corrected chi connectivity index (χ1v) is 11.1. The Morgan fingerprint density at radius 3 is 2.63 bits per heavy atom. The molecule has 2 atom stereocenters. The number of aromatic amines is 1. The van der Waals surface area contributed by atoms with Gasteiger partial charge in [0.1, 0.15) is 5.69 Å². The third kappa shape index (κ3) is 4.15. The fourth-order valence-corrected chi connectivity index (χ4v) is 4.71. The van der Waals surface area contributed by atoms with E-state index in [2.05, 4.69) is 27.2 Å². The number of rotatable bonds is 5. The van der Waals surface area contributed by atoms with Crippen molar-refractivity contribution in [1.29, 1.82) is 0 Å². The minimum Gasteiger partial charge on any atom is -0.393 e. The summed E-state index contributed by atoms with van der Waals surface area (Å²) in [4.78, 5) is 17.7. The van der Waals surface area contributed by atoms with Crippen molar-refractivity contribution in [2.75, 3.05) is 32.8 Å². The van der Waals surface area contributed by atoms with Gasteiger partial charge >= 0.3 is 0 Å². The van der Waals surface area contributed by atoms with Gasteiger partial charge in [0.2, 0.25) is 0 Å². The molecule has 0 spiro atoms. The minimum absolute atomic E-state index is 0.0330. The number of nitrogens with one attached hydrogen (secondary N) is 1. The van der Waals surface area contributed by atoms with Crippen molar-refractivity contribution in [2.45, 2.75) is 49.9 Å². The normalized spacial score (nSPS) is 26.1. The molecule has 2 N–H and O–H groups in total. The zero-order valence-electron chi connectivity index (χ0n) is 17.2. The van der Waals surface area contributed by atoms with Crippen LogP contribution in [0.4, 0.5) is 0 Å². The number of aliphatic hydroxyl groups excluding tert-OH is 1. The van der Waals surface area contributed by atoms with Crippen molar-refractivity contribution in [3.8, 4) is 0 Å². The maximum absolute atomic E-state index is 13.5. The molecule has 7 nitrogen and oxygen atoms in total. The molecule has 30 heavy (non-hydrogen) atoms. The Bertz CT molecular complexity index is 858. The number of aliphatic hydroxyl groups is 1. The van der Waals surface area contributed by atoms with E-state index in [-0.39, 0.29) is 24.2 Å². The molecule has 2 saturated heterocycles. The predicted octanol–water partition coefficient (Wildman–Crippen LogP) is 2.33. The van der Waals surface area contributed by atoms with E-state index < -0.39 is 0 Å². The SMILES string of the molecule is O=C(c1cc(C2CC2)[nH]n1)N1CCO[C@@H](CN2CCC(O)CC2)[C@@H]1c1ccccc1. The summed E-state index contributed by atoms with van der Waals surface area (Å²) in [6.07, 6.45) is 3.63. The van der Waals surface area contributed by atoms with E-state index in [1.807, 2.05) is 29.2 Å². The highest BCUT2D eigenvalue weighted by Crippen LogP contribution is 2.39. The second kappa shape index (κ2) is 8.49. The maximum Gasteiger partial charge on any atom is 0.275 e. The number of ether oxygens (including phenoxy) is 1. The number of benzene rings is 1. The smallest absolute Gasteiger partial charge is 0.275 e. The number of carbonyl (C=O) groups excluding carboxylic acids is 1. The quantitative estimate of drug-likeness (QED) is 0.791. The van der Waals surface area contributed by atoms with Crippen molar-refractivity contribution in [2.24, 2.45) is 0 Å². The molecule has 3 fully saturated rings. The molecule has 2 aromatic rings. The van der Waals surface area contributed by atoms with E-state index in [9.17, 15) is 9.90 Å². The van der Waals surface area contributed by atoms with E-state index in [0.29, 0.717) is 24.8 Å². The van der Waals surface area contributed by atoms with Crippen LogP contribution >= 0.6 is 0 Å². The van der Waals surface area contributed by atoms with Crippen LogP contribution in [0.15, 0.2) is 36.4 Å². The summed E-state index contributed by atoms with van der Waals surface area (Å²) in [5, 5.41) is 17.2. The second-order valence-corrected chi connectivity index (χ2v) is 8.78. The number of aromatic nitrogens is 2. The van der Waals surface area contributed by atoms with Gasteiger partial charge in [0.15, 0.2) is 0 Å². The maximum atomic E-state index is 13.5. The molecule has 1 amide bonds. The Hall–Kier alpha value is -2.22. The van der Waals surface area contributed by atoms with Crippen molar-refractivity contribution in [3.05, 3.63) is 53.3 Å². The molecule has 1 aliphatic carbocycles. The molecule has 2 aliphatic heterocycles. The second-order valence-electron chi connectivity index (χ2n) is 8.78. The van der Waals surface area contributed by atoms with Gasteiger partial charge in [0.25, 0.3) is 5.91 Å². The number of nitrogens with zero attached hydrogens (tertiary/aromatic N) is 3. The van der Waals surface area contributed by atoms with Gasteiger partial charge in [-0.2, -0.15) is 5.10 Å². The lowest BCUT2D eigenvalue weighted by Crippen LogP contribution is -2.53. The summed E-state index contributed by atoms with van der Waals surface area (Å²) in [7, 11) is 0. The third-order valence-electron chi connectivity index (χ3n) is 6.58. The van der Waals surface area contributed by atoms with Crippen LogP contribution in [0.25, 0.3) is 0 Å². The Labute approximate surface area is 177 Å². The Morgan fingerprint density at radius 1 is 1.13 bits per heavy atom. The van der Waals surface area contributed by atoms with Gasteiger partial charge < -0.3 is 19.6 Å². The largest absolute Gasteiger partial charge is 0.393 e. The molecule has 0 radical (unpaired) electrons. The molecule has 0 unspecified atom stereocenters. The van der Waals surface area contributed by atoms with Gasteiger partial charge in [-0.3, -0.25) is 9.89 Å². The Morgan fingerprint density at radius 2 is 1.90 bits per heavy atom. The molecule has 3 heterocycles. The molecule has 1 aromatic heterocycles. The first kappa shape index (κ1) is 19.7. The third-order valence-corrected chi connectivity index (χ3v) is 6.58. The fourth-order valence-electron chi connectivity index (χ4n) is 4.71. The zero-order valence-corrected chi connectivity index (χ0v) is 17.2.